The first-order chi connectivity index (χ1) is 20.7. The van der Waals surface area contributed by atoms with E-state index < -0.39 is 5.97 Å². The molecule has 1 aliphatic carbocycles. The largest absolute Gasteiger partial charge is 0.478 e. The van der Waals surface area contributed by atoms with E-state index in [1.807, 2.05) is 59.5 Å². The maximum absolute atomic E-state index is 14.2. The number of carboxylic acid groups (broad SMARTS) is 1. The maximum atomic E-state index is 14.2. The molecule has 7 rings (SSSR count). The minimum absolute atomic E-state index is 0.00530. The standard InChI is InChI=1S/C37H33N3O3/c1-36(2)29(24-12-14-25(15-13-24)35(42)43)18-20-37(3)22-40(21-19-31(36)37)34(41)28-11-7-6-10-27(28)33-38-30-17-16-23-8-4-5-9-26(23)32(30)39-33/h4-19H,20-22H2,1-3H3,(H,38,39)(H,42,43)/t37-/m0/s1. The summed E-state index contributed by atoms with van der Waals surface area (Å²) in [6, 6.07) is 27.2. The number of aromatic nitrogens is 2. The van der Waals surface area contributed by atoms with Crippen LogP contribution in [-0.2, 0) is 0 Å². The van der Waals surface area contributed by atoms with E-state index in [0.717, 1.165) is 39.4 Å². The molecule has 1 amide bonds. The van der Waals surface area contributed by atoms with Crippen LogP contribution in [0.4, 0.5) is 0 Å². The van der Waals surface area contributed by atoms with E-state index in [1.54, 1.807) is 12.1 Å². The predicted molar refractivity (Wildman–Crippen MR) is 171 cm³/mol. The second kappa shape index (κ2) is 9.80. The second-order valence-electron chi connectivity index (χ2n) is 12.5. The van der Waals surface area contributed by atoms with Crippen LogP contribution in [-0.4, -0.2) is 44.9 Å². The van der Waals surface area contributed by atoms with Crippen LogP contribution in [0.1, 0.15) is 53.5 Å². The number of amides is 1. The molecule has 5 aromatic rings. The summed E-state index contributed by atoms with van der Waals surface area (Å²) in [5.74, 6) is -0.240. The van der Waals surface area contributed by atoms with Crippen molar-refractivity contribution in [2.45, 2.75) is 27.2 Å². The molecule has 1 atom stereocenters. The van der Waals surface area contributed by atoms with Crippen molar-refractivity contribution in [3.05, 3.63) is 119 Å². The molecule has 2 N–H and O–H groups in total. The Morgan fingerprint density at radius 2 is 1.63 bits per heavy atom. The van der Waals surface area contributed by atoms with Gasteiger partial charge < -0.3 is 15.0 Å². The highest BCUT2D eigenvalue weighted by molar-refractivity contribution is 6.06. The summed E-state index contributed by atoms with van der Waals surface area (Å²) in [4.78, 5) is 35.9. The molecule has 0 bridgehead atoms. The quantitative estimate of drug-likeness (QED) is 0.216. The molecule has 1 aromatic heterocycles. The minimum atomic E-state index is -0.925. The number of aromatic carboxylic acids is 1. The van der Waals surface area contributed by atoms with Gasteiger partial charge >= 0.3 is 5.97 Å². The molecule has 4 aromatic carbocycles. The van der Waals surface area contributed by atoms with Gasteiger partial charge in [0.25, 0.3) is 5.91 Å². The minimum Gasteiger partial charge on any atom is -0.478 e. The van der Waals surface area contributed by atoms with Crippen LogP contribution >= 0.6 is 0 Å². The highest BCUT2D eigenvalue weighted by Crippen LogP contribution is 2.55. The highest BCUT2D eigenvalue weighted by Gasteiger charge is 2.46. The van der Waals surface area contributed by atoms with Crippen molar-refractivity contribution >= 4 is 39.3 Å². The van der Waals surface area contributed by atoms with Crippen LogP contribution in [0.5, 0.6) is 0 Å². The average molecular weight is 568 g/mol. The molecule has 0 radical (unpaired) electrons. The van der Waals surface area contributed by atoms with Gasteiger partial charge in [-0.25, -0.2) is 9.78 Å². The van der Waals surface area contributed by atoms with E-state index in [9.17, 15) is 14.7 Å². The molecule has 6 nitrogen and oxygen atoms in total. The number of fused-ring (bicyclic) bond motifs is 4. The lowest BCUT2D eigenvalue weighted by molar-refractivity contribution is 0.0679. The third-order valence-electron chi connectivity index (χ3n) is 9.33. The fourth-order valence-electron chi connectivity index (χ4n) is 7.27. The Balaban J connectivity index is 1.20. The molecular weight excluding hydrogens is 534 g/mol. The summed E-state index contributed by atoms with van der Waals surface area (Å²) in [6.45, 7) is 7.84. The number of carboxylic acids is 1. The van der Waals surface area contributed by atoms with Crippen molar-refractivity contribution in [2.75, 3.05) is 13.1 Å². The van der Waals surface area contributed by atoms with E-state index >= 15 is 0 Å². The lowest BCUT2D eigenvalue weighted by Crippen LogP contribution is -2.48. The average Bonchev–Trinajstić information content (AvgIpc) is 3.45. The van der Waals surface area contributed by atoms with E-state index in [2.05, 4.69) is 56.1 Å². The van der Waals surface area contributed by atoms with Crippen LogP contribution in [0.3, 0.4) is 0 Å². The summed E-state index contributed by atoms with van der Waals surface area (Å²) in [5, 5.41) is 11.5. The summed E-state index contributed by atoms with van der Waals surface area (Å²) >= 11 is 0. The van der Waals surface area contributed by atoms with Gasteiger partial charge in [-0.1, -0.05) is 99.2 Å². The van der Waals surface area contributed by atoms with Crippen molar-refractivity contribution < 1.29 is 14.7 Å². The van der Waals surface area contributed by atoms with Crippen molar-refractivity contribution in [2.24, 2.45) is 10.8 Å². The van der Waals surface area contributed by atoms with Crippen molar-refractivity contribution in [3.8, 4) is 11.4 Å². The second-order valence-corrected chi connectivity index (χ2v) is 12.5. The number of nitrogens with one attached hydrogen (secondary N) is 1. The molecule has 0 saturated heterocycles. The number of carbonyl (C=O) groups is 2. The molecule has 2 heterocycles. The van der Waals surface area contributed by atoms with Crippen LogP contribution in [0.2, 0.25) is 0 Å². The molecule has 6 heteroatoms. The van der Waals surface area contributed by atoms with Gasteiger partial charge in [0.05, 0.1) is 22.2 Å². The van der Waals surface area contributed by atoms with E-state index in [0.29, 0.717) is 24.5 Å². The number of aromatic amines is 1. The van der Waals surface area contributed by atoms with Gasteiger partial charge in [-0.15, -0.1) is 0 Å². The molecule has 1 aliphatic heterocycles. The number of carbonyl (C=O) groups excluding carboxylic acids is 1. The Morgan fingerprint density at radius 1 is 0.884 bits per heavy atom. The molecule has 0 fully saturated rings. The summed E-state index contributed by atoms with van der Waals surface area (Å²) in [7, 11) is 0. The zero-order valence-corrected chi connectivity index (χ0v) is 24.5. The zero-order chi connectivity index (χ0) is 29.9. The van der Waals surface area contributed by atoms with Crippen molar-refractivity contribution in [1.29, 1.82) is 0 Å². The lowest BCUT2D eigenvalue weighted by atomic mass is 9.58. The van der Waals surface area contributed by atoms with Gasteiger partial charge in [-0.3, -0.25) is 4.79 Å². The Morgan fingerprint density at radius 3 is 2.42 bits per heavy atom. The number of H-pyrrole nitrogens is 1. The SMILES string of the molecule is CC1(C)C(c2ccc(C(=O)O)cc2)=CC[C@@]2(C)CN(C(=O)c3ccccc3-c3nc4c(ccc5ccccc54)[nH]3)CC=C12. The summed E-state index contributed by atoms with van der Waals surface area (Å²) < 4.78 is 0. The van der Waals surface area contributed by atoms with Gasteiger partial charge in [0, 0.05) is 34.9 Å². The molecule has 2 aliphatic rings. The number of rotatable bonds is 4. The number of imidazole rings is 1. The third-order valence-corrected chi connectivity index (χ3v) is 9.33. The molecule has 0 spiro atoms. The normalized spacial score (nSPS) is 19.6. The van der Waals surface area contributed by atoms with Gasteiger partial charge in [0.2, 0.25) is 0 Å². The lowest BCUT2D eigenvalue weighted by Gasteiger charge is -2.50. The van der Waals surface area contributed by atoms with E-state index in [-0.39, 0.29) is 22.3 Å². The number of hydrogen-bond donors (Lipinski definition) is 2. The van der Waals surface area contributed by atoms with Crippen molar-refractivity contribution in [3.63, 3.8) is 0 Å². The Labute approximate surface area is 250 Å². The Bertz CT molecular complexity index is 2000. The van der Waals surface area contributed by atoms with E-state index in [4.69, 9.17) is 4.98 Å². The number of nitrogens with zero attached hydrogens (tertiary/aromatic N) is 2. The van der Waals surface area contributed by atoms with Crippen molar-refractivity contribution in [1.82, 2.24) is 14.9 Å². The third kappa shape index (κ3) is 4.36. The monoisotopic (exact) mass is 567 g/mol. The molecule has 43 heavy (non-hydrogen) atoms. The molecular formula is C37H33N3O3. The number of hydrogen-bond acceptors (Lipinski definition) is 3. The van der Waals surface area contributed by atoms with Crippen LogP contribution in [0.25, 0.3) is 38.8 Å². The van der Waals surface area contributed by atoms with Gasteiger partial charge in [-0.05, 0) is 47.2 Å². The van der Waals surface area contributed by atoms with Gasteiger partial charge in [0.1, 0.15) is 5.82 Å². The molecule has 214 valence electrons. The zero-order valence-electron chi connectivity index (χ0n) is 24.5. The topological polar surface area (TPSA) is 86.3 Å². The Kier molecular flexibility index (Phi) is 6.13. The first-order valence-corrected chi connectivity index (χ1v) is 14.7. The molecule has 0 unspecified atom stereocenters. The predicted octanol–water partition coefficient (Wildman–Crippen LogP) is 7.98. The van der Waals surface area contributed by atoms with Crippen LogP contribution in [0, 0.1) is 10.8 Å². The van der Waals surface area contributed by atoms with E-state index in [1.165, 1.54) is 11.1 Å². The summed E-state index contributed by atoms with van der Waals surface area (Å²) in [6.07, 6.45) is 5.30. The van der Waals surface area contributed by atoms with Gasteiger partial charge in [-0.2, -0.15) is 0 Å². The molecule has 0 saturated carbocycles. The van der Waals surface area contributed by atoms with Crippen LogP contribution in [0.15, 0.2) is 103 Å². The number of benzene rings is 4. The first-order valence-electron chi connectivity index (χ1n) is 14.7. The maximum Gasteiger partial charge on any atom is 0.335 e. The fraction of sp³-hybridized carbons (Fsp3) is 0.216. The summed E-state index contributed by atoms with van der Waals surface area (Å²) in [5.41, 5.74) is 6.62. The van der Waals surface area contributed by atoms with Gasteiger partial charge in [0.15, 0.2) is 0 Å². The van der Waals surface area contributed by atoms with Crippen LogP contribution < -0.4 is 0 Å². The fourth-order valence-corrected chi connectivity index (χ4v) is 7.27. The Hall–Kier alpha value is -4.97. The highest BCUT2D eigenvalue weighted by atomic mass is 16.4. The number of allylic oxidation sites excluding steroid dienone is 2. The smallest absolute Gasteiger partial charge is 0.335 e. The first kappa shape index (κ1) is 26.9.